The molecule has 0 amide bonds. The molecule has 4 nitrogen and oxygen atoms in total. The molecule has 4 unspecified atom stereocenters. The van der Waals surface area contributed by atoms with E-state index in [2.05, 4.69) is 12.2 Å². The Morgan fingerprint density at radius 1 is 1.28 bits per heavy atom. The second kappa shape index (κ2) is 6.99. The summed E-state index contributed by atoms with van der Waals surface area (Å²) in [6.07, 6.45) is 6.19. The third-order valence-electron chi connectivity index (χ3n) is 6.62. The summed E-state index contributed by atoms with van der Waals surface area (Å²) in [7, 11) is 0. The molecule has 3 aliphatic rings. The molecule has 4 atom stereocenters. The summed E-state index contributed by atoms with van der Waals surface area (Å²) in [6.45, 7) is 3.79. The fourth-order valence-electron chi connectivity index (χ4n) is 5.09. The second-order valence-corrected chi connectivity index (χ2v) is 8.15. The lowest BCUT2D eigenvalue weighted by molar-refractivity contribution is -0.143. The first-order valence-electron chi connectivity index (χ1n) is 9.85. The van der Waals surface area contributed by atoms with Crippen LogP contribution in [0.3, 0.4) is 0 Å². The van der Waals surface area contributed by atoms with Gasteiger partial charge in [0.2, 0.25) is 0 Å². The van der Waals surface area contributed by atoms with Crippen LogP contribution in [-0.4, -0.2) is 30.3 Å². The second-order valence-electron chi connectivity index (χ2n) is 8.15. The van der Waals surface area contributed by atoms with Gasteiger partial charge in [-0.25, -0.2) is 0 Å². The van der Waals surface area contributed by atoms with Gasteiger partial charge in [-0.05, 0) is 49.6 Å². The van der Waals surface area contributed by atoms with Gasteiger partial charge in [0.1, 0.15) is 5.75 Å². The average Bonchev–Trinajstić information content (AvgIpc) is 3.20. The number of hydrogen-bond donors (Lipinski definition) is 2. The predicted molar refractivity (Wildman–Crippen MR) is 96.5 cm³/mol. The lowest BCUT2D eigenvalue weighted by Crippen LogP contribution is -2.26. The quantitative estimate of drug-likeness (QED) is 0.805. The van der Waals surface area contributed by atoms with E-state index in [4.69, 9.17) is 4.74 Å². The molecule has 1 aliphatic heterocycles. The zero-order valence-electron chi connectivity index (χ0n) is 15.0. The SMILES string of the molecule is CC1NCC2C(COC(=O)Cc3cccc(C4CCCCC4)c3O)C12. The van der Waals surface area contributed by atoms with E-state index in [0.29, 0.717) is 47.6 Å². The molecule has 4 rings (SSSR count). The first kappa shape index (κ1) is 16.9. The number of phenols is 1. The minimum atomic E-state index is -0.221. The van der Waals surface area contributed by atoms with Crippen LogP contribution in [0.5, 0.6) is 5.75 Å². The van der Waals surface area contributed by atoms with Crippen molar-refractivity contribution < 1.29 is 14.6 Å². The number of hydrogen-bond acceptors (Lipinski definition) is 4. The molecule has 1 aromatic rings. The number of ether oxygens (including phenoxy) is 1. The third-order valence-corrected chi connectivity index (χ3v) is 6.62. The average molecular weight is 343 g/mol. The predicted octanol–water partition coefficient (Wildman–Crippen LogP) is 3.38. The molecule has 1 aromatic carbocycles. The van der Waals surface area contributed by atoms with E-state index in [0.717, 1.165) is 24.9 Å². The summed E-state index contributed by atoms with van der Waals surface area (Å²) >= 11 is 0. The van der Waals surface area contributed by atoms with Crippen LogP contribution >= 0.6 is 0 Å². The number of esters is 1. The topological polar surface area (TPSA) is 58.6 Å². The minimum absolute atomic E-state index is 0.169. The summed E-state index contributed by atoms with van der Waals surface area (Å²) < 4.78 is 5.52. The molecule has 0 bridgehead atoms. The molecule has 0 radical (unpaired) electrons. The molecule has 3 fully saturated rings. The number of benzene rings is 1. The summed E-state index contributed by atoms with van der Waals surface area (Å²) in [5.41, 5.74) is 1.72. The molecule has 1 saturated heterocycles. The number of nitrogens with one attached hydrogen (secondary N) is 1. The van der Waals surface area contributed by atoms with E-state index in [1.165, 1.54) is 19.3 Å². The van der Waals surface area contributed by atoms with Crippen molar-refractivity contribution in [1.82, 2.24) is 5.32 Å². The summed E-state index contributed by atoms with van der Waals surface area (Å²) in [6, 6.07) is 6.37. The molecule has 2 aliphatic carbocycles. The molecule has 2 N–H and O–H groups in total. The fraction of sp³-hybridized carbons (Fsp3) is 0.667. The molecule has 25 heavy (non-hydrogen) atoms. The van der Waals surface area contributed by atoms with E-state index in [9.17, 15) is 9.90 Å². The molecule has 0 spiro atoms. The molecule has 136 valence electrons. The van der Waals surface area contributed by atoms with Crippen LogP contribution in [0.25, 0.3) is 0 Å². The Kier molecular flexibility index (Phi) is 4.72. The molecular weight excluding hydrogens is 314 g/mol. The minimum Gasteiger partial charge on any atom is -0.507 e. The number of carbonyl (C=O) groups excluding carboxylic acids is 1. The number of piperidine rings is 1. The maximum atomic E-state index is 12.2. The molecule has 2 saturated carbocycles. The summed E-state index contributed by atoms with van der Waals surface area (Å²) in [4.78, 5) is 12.2. The van der Waals surface area contributed by atoms with E-state index >= 15 is 0 Å². The molecule has 4 heteroatoms. The van der Waals surface area contributed by atoms with Crippen molar-refractivity contribution in [2.75, 3.05) is 13.2 Å². The van der Waals surface area contributed by atoms with Crippen molar-refractivity contribution in [2.24, 2.45) is 17.8 Å². The van der Waals surface area contributed by atoms with Crippen molar-refractivity contribution in [3.63, 3.8) is 0 Å². The van der Waals surface area contributed by atoms with Crippen molar-refractivity contribution >= 4 is 5.97 Å². The van der Waals surface area contributed by atoms with Gasteiger partial charge in [-0.1, -0.05) is 37.5 Å². The summed E-state index contributed by atoms with van der Waals surface area (Å²) in [5.74, 6) is 2.42. The third kappa shape index (κ3) is 3.41. The van der Waals surface area contributed by atoms with Crippen LogP contribution < -0.4 is 5.32 Å². The smallest absolute Gasteiger partial charge is 0.310 e. The van der Waals surface area contributed by atoms with Crippen molar-refractivity contribution in [2.45, 2.75) is 57.4 Å². The maximum absolute atomic E-state index is 12.2. The first-order chi connectivity index (χ1) is 12.1. The van der Waals surface area contributed by atoms with Crippen molar-refractivity contribution in [1.29, 1.82) is 0 Å². The number of aromatic hydroxyl groups is 1. The van der Waals surface area contributed by atoms with Gasteiger partial charge in [-0.3, -0.25) is 4.79 Å². The van der Waals surface area contributed by atoms with Crippen molar-refractivity contribution in [3.8, 4) is 5.75 Å². The first-order valence-corrected chi connectivity index (χ1v) is 9.85. The molecular formula is C21H29NO3. The highest BCUT2D eigenvalue weighted by Gasteiger charge is 2.56. The van der Waals surface area contributed by atoms with E-state index in [1.807, 2.05) is 18.2 Å². The van der Waals surface area contributed by atoms with Gasteiger partial charge in [0.05, 0.1) is 13.0 Å². The Labute approximate surface area is 150 Å². The van der Waals surface area contributed by atoms with Crippen LogP contribution in [0.2, 0.25) is 0 Å². The van der Waals surface area contributed by atoms with Crippen LogP contribution in [-0.2, 0) is 16.0 Å². The zero-order valence-corrected chi connectivity index (χ0v) is 15.0. The lowest BCUT2D eigenvalue weighted by Gasteiger charge is -2.23. The number of carbonyl (C=O) groups is 1. The number of phenolic OH excluding ortho intramolecular Hbond substituents is 1. The highest BCUT2D eigenvalue weighted by atomic mass is 16.5. The van der Waals surface area contributed by atoms with Gasteiger partial charge in [0, 0.05) is 17.5 Å². The van der Waals surface area contributed by atoms with Gasteiger partial charge >= 0.3 is 5.97 Å². The van der Waals surface area contributed by atoms with E-state index in [-0.39, 0.29) is 12.4 Å². The Bertz CT molecular complexity index is 638. The van der Waals surface area contributed by atoms with Gasteiger partial charge in [0.25, 0.3) is 0 Å². The summed E-state index contributed by atoms with van der Waals surface area (Å²) in [5, 5.41) is 14.1. The standard InChI is InChI=1S/C21H29NO3/c1-13-20-17(11-22-13)18(20)12-25-19(23)10-15-8-5-9-16(21(15)24)14-6-3-2-4-7-14/h5,8-9,13-14,17-18,20,22,24H,2-4,6-7,10-12H2,1H3. The van der Waals surface area contributed by atoms with E-state index < -0.39 is 0 Å². The van der Waals surface area contributed by atoms with Crippen LogP contribution in [0.15, 0.2) is 18.2 Å². The van der Waals surface area contributed by atoms with Crippen LogP contribution in [0.4, 0.5) is 0 Å². The molecule has 1 heterocycles. The highest BCUT2D eigenvalue weighted by molar-refractivity contribution is 5.74. The number of para-hydroxylation sites is 1. The normalized spacial score (nSPS) is 31.6. The Morgan fingerprint density at radius 3 is 2.80 bits per heavy atom. The maximum Gasteiger partial charge on any atom is 0.310 e. The molecule has 0 aromatic heterocycles. The Balaban J connectivity index is 1.33. The Hall–Kier alpha value is -1.55. The van der Waals surface area contributed by atoms with Gasteiger partial charge in [0.15, 0.2) is 0 Å². The fourth-order valence-corrected chi connectivity index (χ4v) is 5.09. The Morgan fingerprint density at radius 2 is 2.08 bits per heavy atom. The number of fused-ring (bicyclic) bond motifs is 1. The van der Waals surface area contributed by atoms with Gasteiger partial charge in [-0.2, -0.15) is 0 Å². The van der Waals surface area contributed by atoms with Gasteiger partial charge in [-0.15, -0.1) is 0 Å². The largest absolute Gasteiger partial charge is 0.507 e. The number of rotatable bonds is 5. The van der Waals surface area contributed by atoms with Crippen LogP contribution in [0.1, 0.15) is 56.1 Å². The van der Waals surface area contributed by atoms with Gasteiger partial charge < -0.3 is 15.2 Å². The van der Waals surface area contributed by atoms with E-state index in [1.54, 1.807) is 0 Å². The monoisotopic (exact) mass is 343 g/mol. The zero-order chi connectivity index (χ0) is 17.4. The van der Waals surface area contributed by atoms with Crippen LogP contribution in [0, 0.1) is 17.8 Å². The highest BCUT2D eigenvalue weighted by Crippen LogP contribution is 2.51. The lowest BCUT2D eigenvalue weighted by atomic mass is 9.83. The van der Waals surface area contributed by atoms with Crippen molar-refractivity contribution in [3.05, 3.63) is 29.3 Å².